The van der Waals surface area contributed by atoms with E-state index in [4.69, 9.17) is 4.52 Å². The van der Waals surface area contributed by atoms with Gasteiger partial charge in [-0.2, -0.15) is 0 Å². The largest absolute Gasteiger partial charge is 0.465 e. The van der Waals surface area contributed by atoms with Crippen LogP contribution in [0.5, 0.6) is 0 Å². The lowest BCUT2D eigenvalue weighted by Crippen LogP contribution is -2.14. The molecule has 0 aliphatic carbocycles. The summed E-state index contributed by atoms with van der Waals surface area (Å²) in [5.41, 5.74) is 1.20. The number of nitrogens with one attached hydrogen (secondary N) is 1. The molecule has 8 nitrogen and oxygen atoms in total. The monoisotopic (exact) mass is 380 g/mol. The Morgan fingerprint density at radius 1 is 0.893 bits per heavy atom. The van der Waals surface area contributed by atoms with E-state index in [9.17, 15) is 14.4 Å². The van der Waals surface area contributed by atoms with E-state index < -0.39 is 17.8 Å². The second-order valence-corrected chi connectivity index (χ2v) is 5.68. The van der Waals surface area contributed by atoms with Gasteiger partial charge in [0.2, 0.25) is 0 Å². The van der Waals surface area contributed by atoms with Crippen molar-refractivity contribution in [1.29, 1.82) is 0 Å². The van der Waals surface area contributed by atoms with Crippen molar-refractivity contribution >= 4 is 23.5 Å². The summed E-state index contributed by atoms with van der Waals surface area (Å²) >= 11 is 0. The lowest BCUT2D eigenvalue weighted by molar-refractivity contribution is 0.0599. The summed E-state index contributed by atoms with van der Waals surface area (Å²) < 4.78 is 14.6. The topological polar surface area (TPSA) is 108 Å². The number of aromatic nitrogens is 1. The van der Waals surface area contributed by atoms with Gasteiger partial charge in [-0.3, -0.25) is 4.79 Å². The summed E-state index contributed by atoms with van der Waals surface area (Å²) in [5, 5.41) is 6.35. The number of benzene rings is 2. The van der Waals surface area contributed by atoms with Crippen LogP contribution in [0.25, 0.3) is 11.3 Å². The minimum Gasteiger partial charge on any atom is -0.465 e. The number of hydrogen-bond acceptors (Lipinski definition) is 7. The van der Waals surface area contributed by atoms with Crippen LogP contribution in [-0.4, -0.2) is 37.2 Å². The molecule has 3 rings (SSSR count). The molecule has 0 atom stereocenters. The van der Waals surface area contributed by atoms with Crippen LogP contribution in [0.2, 0.25) is 0 Å². The van der Waals surface area contributed by atoms with E-state index in [0.717, 1.165) is 5.56 Å². The van der Waals surface area contributed by atoms with Crippen LogP contribution in [0.1, 0.15) is 31.2 Å². The van der Waals surface area contributed by atoms with Gasteiger partial charge < -0.3 is 19.3 Å². The Morgan fingerprint density at radius 2 is 1.50 bits per heavy atom. The fourth-order valence-electron chi connectivity index (χ4n) is 2.49. The number of methoxy groups -OCH3 is 2. The number of esters is 2. The van der Waals surface area contributed by atoms with Gasteiger partial charge in [0.1, 0.15) is 0 Å². The maximum atomic E-state index is 12.5. The van der Waals surface area contributed by atoms with Gasteiger partial charge in [0.05, 0.1) is 25.3 Å². The average molecular weight is 380 g/mol. The van der Waals surface area contributed by atoms with Gasteiger partial charge in [0, 0.05) is 17.3 Å². The Kier molecular flexibility index (Phi) is 5.50. The highest BCUT2D eigenvalue weighted by Gasteiger charge is 2.18. The van der Waals surface area contributed by atoms with E-state index in [-0.39, 0.29) is 22.5 Å². The normalized spacial score (nSPS) is 10.2. The number of amides is 1. The average Bonchev–Trinajstić information content (AvgIpc) is 3.23. The molecule has 0 bridgehead atoms. The summed E-state index contributed by atoms with van der Waals surface area (Å²) in [6, 6.07) is 14.8. The number of nitrogens with zero attached hydrogens (tertiary/aromatic N) is 1. The first-order chi connectivity index (χ1) is 13.5. The zero-order valence-corrected chi connectivity index (χ0v) is 15.1. The SMILES string of the molecule is COC(=O)c1cc(NC(=O)c2cc(-c3ccccc3)on2)cc(C(=O)OC)c1. The molecule has 8 heteroatoms. The molecule has 1 N–H and O–H groups in total. The number of ether oxygens (including phenoxy) is 2. The molecule has 1 aromatic heterocycles. The molecular formula is C20H16N2O6. The number of rotatable bonds is 5. The molecule has 0 saturated heterocycles. The van der Waals surface area contributed by atoms with E-state index in [0.29, 0.717) is 5.76 Å². The third-order valence-electron chi connectivity index (χ3n) is 3.83. The molecule has 0 aliphatic heterocycles. The lowest BCUT2D eigenvalue weighted by atomic mass is 10.1. The summed E-state index contributed by atoms with van der Waals surface area (Å²) in [7, 11) is 2.43. The molecule has 0 unspecified atom stereocenters. The van der Waals surface area contributed by atoms with Crippen LogP contribution in [-0.2, 0) is 9.47 Å². The summed E-state index contributed by atoms with van der Waals surface area (Å²) in [6.45, 7) is 0. The maximum absolute atomic E-state index is 12.5. The first-order valence-corrected chi connectivity index (χ1v) is 8.17. The minimum atomic E-state index is -0.658. The molecule has 142 valence electrons. The molecule has 1 amide bonds. The van der Waals surface area contributed by atoms with Gasteiger partial charge in [-0.05, 0) is 18.2 Å². The Morgan fingerprint density at radius 3 is 2.07 bits per heavy atom. The maximum Gasteiger partial charge on any atom is 0.337 e. The summed E-state index contributed by atoms with van der Waals surface area (Å²) in [5.74, 6) is -1.45. The van der Waals surface area contributed by atoms with Gasteiger partial charge in [-0.1, -0.05) is 35.5 Å². The molecule has 1 heterocycles. The van der Waals surface area contributed by atoms with E-state index in [2.05, 4.69) is 19.9 Å². The van der Waals surface area contributed by atoms with Crippen LogP contribution < -0.4 is 5.32 Å². The fourth-order valence-corrected chi connectivity index (χ4v) is 2.49. The Labute approximate surface area is 160 Å². The highest BCUT2D eigenvalue weighted by atomic mass is 16.5. The van der Waals surface area contributed by atoms with E-state index in [1.807, 2.05) is 30.3 Å². The number of carbonyl (C=O) groups excluding carboxylic acids is 3. The molecule has 3 aromatic rings. The van der Waals surface area contributed by atoms with Crippen molar-refractivity contribution in [3.05, 3.63) is 71.4 Å². The zero-order valence-electron chi connectivity index (χ0n) is 15.1. The zero-order chi connectivity index (χ0) is 20.1. The first-order valence-electron chi connectivity index (χ1n) is 8.17. The standard InChI is InChI=1S/C20H16N2O6/c1-26-19(24)13-8-14(20(25)27-2)10-15(9-13)21-18(23)16-11-17(28-22-16)12-6-4-3-5-7-12/h3-11H,1-2H3,(H,21,23). The quantitative estimate of drug-likeness (QED) is 0.677. The van der Waals surface area contributed by atoms with Gasteiger partial charge in [0.25, 0.3) is 5.91 Å². The van der Waals surface area contributed by atoms with Crippen LogP contribution >= 0.6 is 0 Å². The molecule has 0 saturated carbocycles. The van der Waals surface area contributed by atoms with Crippen molar-refractivity contribution in [2.75, 3.05) is 19.5 Å². The van der Waals surface area contributed by atoms with Crippen molar-refractivity contribution < 1.29 is 28.4 Å². The molecule has 28 heavy (non-hydrogen) atoms. The summed E-state index contributed by atoms with van der Waals surface area (Å²) in [4.78, 5) is 36.2. The predicted molar refractivity (Wildman–Crippen MR) is 99.0 cm³/mol. The Balaban J connectivity index is 1.86. The number of hydrogen-bond donors (Lipinski definition) is 1. The van der Waals surface area contributed by atoms with Crippen LogP contribution in [0.3, 0.4) is 0 Å². The van der Waals surface area contributed by atoms with Crippen LogP contribution in [0.15, 0.2) is 59.1 Å². The second kappa shape index (κ2) is 8.17. The van der Waals surface area contributed by atoms with Crippen molar-refractivity contribution in [2.45, 2.75) is 0 Å². The fraction of sp³-hybridized carbons (Fsp3) is 0.100. The van der Waals surface area contributed by atoms with Crippen molar-refractivity contribution in [1.82, 2.24) is 5.16 Å². The van der Waals surface area contributed by atoms with E-state index >= 15 is 0 Å². The third-order valence-corrected chi connectivity index (χ3v) is 3.83. The summed E-state index contributed by atoms with van der Waals surface area (Å²) in [6.07, 6.45) is 0. The second-order valence-electron chi connectivity index (χ2n) is 5.68. The first kappa shape index (κ1) is 18.8. The molecular weight excluding hydrogens is 364 g/mol. The van der Waals surface area contributed by atoms with E-state index in [1.54, 1.807) is 0 Å². The molecule has 0 aliphatic rings. The molecule has 2 aromatic carbocycles. The van der Waals surface area contributed by atoms with Crippen LogP contribution in [0, 0.1) is 0 Å². The Bertz CT molecular complexity index is 992. The molecule has 0 radical (unpaired) electrons. The van der Waals surface area contributed by atoms with Crippen molar-refractivity contribution in [3.8, 4) is 11.3 Å². The van der Waals surface area contributed by atoms with Crippen molar-refractivity contribution in [2.24, 2.45) is 0 Å². The number of anilines is 1. The molecule has 0 spiro atoms. The van der Waals surface area contributed by atoms with Crippen LogP contribution in [0.4, 0.5) is 5.69 Å². The van der Waals surface area contributed by atoms with E-state index in [1.165, 1.54) is 38.5 Å². The van der Waals surface area contributed by atoms with Gasteiger partial charge >= 0.3 is 11.9 Å². The Hall–Kier alpha value is -3.94. The molecule has 0 fully saturated rings. The highest BCUT2D eigenvalue weighted by molar-refractivity contribution is 6.05. The lowest BCUT2D eigenvalue weighted by Gasteiger charge is -2.08. The van der Waals surface area contributed by atoms with Gasteiger partial charge in [-0.15, -0.1) is 0 Å². The highest BCUT2D eigenvalue weighted by Crippen LogP contribution is 2.21. The van der Waals surface area contributed by atoms with Crippen molar-refractivity contribution in [3.63, 3.8) is 0 Å². The number of carbonyl (C=O) groups is 3. The third kappa shape index (κ3) is 4.07. The minimum absolute atomic E-state index is 0.0435. The van der Waals surface area contributed by atoms with Gasteiger partial charge in [0.15, 0.2) is 11.5 Å². The predicted octanol–water partition coefficient (Wildman–Crippen LogP) is 3.17. The smallest absolute Gasteiger partial charge is 0.337 e. The van der Waals surface area contributed by atoms with Gasteiger partial charge in [-0.25, -0.2) is 9.59 Å².